The number of carbonyl (C=O) groups excluding carboxylic acids is 4. The number of hydrogen-bond acceptors (Lipinski definition) is 5. The molecule has 0 spiro atoms. The van der Waals surface area contributed by atoms with E-state index in [0.29, 0.717) is 12.8 Å². The molecule has 0 rings (SSSR count). The Balaban J connectivity index is 4.52. The Morgan fingerprint density at radius 2 is 1.41 bits per heavy atom. The maximum Gasteiger partial charge on any atom is 0.328 e. The van der Waals surface area contributed by atoms with Crippen LogP contribution in [0.1, 0.15) is 92.4 Å². The van der Waals surface area contributed by atoms with Gasteiger partial charge in [0.2, 0.25) is 17.7 Å². The predicted octanol–water partition coefficient (Wildman–Crippen LogP) is 3.09. The summed E-state index contributed by atoms with van der Waals surface area (Å²) in [5.74, 6) is -1.57. The highest BCUT2D eigenvalue weighted by molar-refractivity contribution is 5.92. The second-order valence-electron chi connectivity index (χ2n) is 9.15. The SMILES string of the molecule is CCCCCCCCCC(=O)NCC(=O)N[C@@H](CC(C)C)C(=O)N[C@H](C(=O)OC)C(C)C. The molecule has 0 aromatic heterocycles. The quantitative estimate of drug-likeness (QED) is 0.230. The molecule has 0 saturated carbocycles. The van der Waals surface area contributed by atoms with Crippen molar-refractivity contribution >= 4 is 23.7 Å². The molecule has 8 heteroatoms. The molecule has 0 saturated heterocycles. The highest BCUT2D eigenvalue weighted by Gasteiger charge is 2.29. The second-order valence-corrected chi connectivity index (χ2v) is 9.15. The third kappa shape index (κ3) is 14.0. The van der Waals surface area contributed by atoms with Gasteiger partial charge >= 0.3 is 5.97 Å². The molecule has 32 heavy (non-hydrogen) atoms. The zero-order chi connectivity index (χ0) is 24.5. The van der Waals surface area contributed by atoms with Crippen LogP contribution in [-0.2, 0) is 23.9 Å². The monoisotopic (exact) mass is 455 g/mol. The van der Waals surface area contributed by atoms with Gasteiger partial charge in [0, 0.05) is 6.42 Å². The van der Waals surface area contributed by atoms with E-state index in [1.54, 1.807) is 13.8 Å². The molecular weight excluding hydrogens is 410 g/mol. The van der Waals surface area contributed by atoms with Gasteiger partial charge in [0.05, 0.1) is 13.7 Å². The van der Waals surface area contributed by atoms with Crippen LogP contribution < -0.4 is 16.0 Å². The van der Waals surface area contributed by atoms with Crippen LogP contribution in [0.3, 0.4) is 0 Å². The molecule has 3 N–H and O–H groups in total. The van der Waals surface area contributed by atoms with Crippen molar-refractivity contribution < 1.29 is 23.9 Å². The number of hydrogen-bond donors (Lipinski definition) is 3. The normalized spacial score (nSPS) is 12.9. The van der Waals surface area contributed by atoms with Gasteiger partial charge in [-0.1, -0.05) is 73.1 Å². The molecule has 2 atom stereocenters. The van der Waals surface area contributed by atoms with Crippen molar-refractivity contribution in [1.29, 1.82) is 0 Å². The maximum absolute atomic E-state index is 12.7. The Morgan fingerprint density at radius 3 is 1.94 bits per heavy atom. The van der Waals surface area contributed by atoms with Gasteiger partial charge in [0.1, 0.15) is 12.1 Å². The van der Waals surface area contributed by atoms with Crippen LogP contribution in [0.2, 0.25) is 0 Å². The minimum absolute atomic E-state index is 0.147. The second kappa shape index (κ2) is 17.4. The summed E-state index contributed by atoms with van der Waals surface area (Å²) in [7, 11) is 1.27. The summed E-state index contributed by atoms with van der Waals surface area (Å²) < 4.78 is 4.76. The van der Waals surface area contributed by atoms with Crippen LogP contribution in [0.15, 0.2) is 0 Å². The minimum Gasteiger partial charge on any atom is -0.467 e. The molecule has 0 aliphatic rings. The summed E-state index contributed by atoms with van der Waals surface area (Å²) in [4.78, 5) is 49.0. The Morgan fingerprint density at radius 1 is 0.812 bits per heavy atom. The van der Waals surface area contributed by atoms with Crippen LogP contribution in [0, 0.1) is 11.8 Å². The highest BCUT2D eigenvalue weighted by Crippen LogP contribution is 2.09. The minimum atomic E-state index is -0.798. The summed E-state index contributed by atoms with van der Waals surface area (Å²) in [6.07, 6.45) is 8.67. The topological polar surface area (TPSA) is 114 Å². The highest BCUT2D eigenvalue weighted by atomic mass is 16.5. The Kier molecular flexibility index (Phi) is 16.3. The molecule has 0 aliphatic carbocycles. The first-order valence-corrected chi connectivity index (χ1v) is 12.1. The number of methoxy groups -OCH3 is 1. The number of nitrogens with one attached hydrogen (secondary N) is 3. The third-order valence-electron chi connectivity index (χ3n) is 5.23. The van der Waals surface area contributed by atoms with Crippen LogP contribution in [0.25, 0.3) is 0 Å². The zero-order valence-electron chi connectivity index (χ0n) is 20.9. The first kappa shape index (κ1) is 29.9. The lowest BCUT2D eigenvalue weighted by molar-refractivity contribution is -0.146. The summed E-state index contributed by atoms with van der Waals surface area (Å²) in [5.41, 5.74) is 0. The van der Waals surface area contributed by atoms with E-state index in [0.717, 1.165) is 19.3 Å². The van der Waals surface area contributed by atoms with Crippen LogP contribution >= 0.6 is 0 Å². The van der Waals surface area contributed by atoms with Gasteiger partial charge in [-0.25, -0.2) is 4.79 Å². The van der Waals surface area contributed by atoms with Crippen molar-refractivity contribution in [2.24, 2.45) is 11.8 Å². The molecule has 0 heterocycles. The molecular formula is C24H45N3O5. The van der Waals surface area contributed by atoms with Gasteiger partial charge in [-0.3, -0.25) is 14.4 Å². The standard InChI is InChI=1S/C24H45N3O5/c1-7-8-9-10-11-12-13-14-20(28)25-16-21(29)26-19(15-17(2)3)23(30)27-22(18(4)5)24(31)32-6/h17-19,22H,7-16H2,1-6H3,(H,25,28)(H,26,29)(H,27,30)/t19-,22-/m0/s1. The fourth-order valence-electron chi connectivity index (χ4n) is 3.34. The lowest BCUT2D eigenvalue weighted by atomic mass is 10.0. The average Bonchev–Trinajstić information content (AvgIpc) is 2.73. The number of carbonyl (C=O) groups is 4. The summed E-state index contributed by atoms with van der Waals surface area (Å²) in [6, 6.07) is -1.59. The first-order chi connectivity index (χ1) is 15.1. The maximum atomic E-state index is 12.7. The fraction of sp³-hybridized carbons (Fsp3) is 0.833. The van der Waals surface area contributed by atoms with Gasteiger partial charge in [0.25, 0.3) is 0 Å². The van der Waals surface area contributed by atoms with E-state index in [-0.39, 0.29) is 24.3 Å². The van der Waals surface area contributed by atoms with Crippen molar-refractivity contribution in [1.82, 2.24) is 16.0 Å². The van der Waals surface area contributed by atoms with Gasteiger partial charge < -0.3 is 20.7 Å². The van der Waals surface area contributed by atoms with Gasteiger partial charge in [-0.15, -0.1) is 0 Å². The van der Waals surface area contributed by atoms with Crippen LogP contribution in [0.5, 0.6) is 0 Å². The lowest BCUT2D eigenvalue weighted by Gasteiger charge is -2.25. The van der Waals surface area contributed by atoms with E-state index >= 15 is 0 Å². The summed E-state index contributed by atoms with van der Waals surface area (Å²) in [6.45, 7) is 9.50. The number of esters is 1. The van der Waals surface area contributed by atoms with Gasteiger partial charge in [-0.05, 0) is 24.7 Å². The summed E-state index contributed by atoms with van der Waals surface area (Å²) >= 11 is 0. The van der Waals surface area contributed by atoms with Crippen molar-refractivity contribution in [3.63, 3.8) is 0 Å². The molecule has 3 amide bonds. The van der Waals surface area contributed by atoms with E-state index in [2.05, 4.69) is 22.9 Å². The van der Waals surface area contributed by atoms with E-state index in [9.17, 15) is 19.2 Å². The third-order valence-corrected chi connectivity index (χ3v) is 5.23. The molecule has 186 valence electrons. The molecule has 8 nitrogen and oxygen atoms in total. The van der Waals surface area contributed by atoms with Crippen molar-refractivity contribution in [2.45, 2.75) is 104 Å². The Hall–Kier alpha value is -2.12. The molecule has 0 unspecified atom stereocenters. The summed E-state index contributed by atoms with van der Waals surface area (Å²) in [5, 5.41) is 7.98. The Labute approximate surface area is 194 Å². The zero-order valence-corrected chi connectivity index (χ0v) is 20.9. The van der Waals surface area contributed by atoms with Gasteiger partial charge in [-0.2, -0.15) is 0 Å². The molecule has 0 radical (unpaired) electrons. The molecule has 0 bridgehead atoms. The number of unbranched alkanes of at least 4 members (excludes halogenated alkanes) is 6. The van der Waals surface area contributed by atoms with Crippen molar-refractivity contribution in [3.8, 4) is 0 Å². The average molecular weight is 456 g/mol. The Bertz CT molecular complexity index is 578. The van der Waals surface area contributed by atoms with Crippen LogP contribution in [-0.4, -0.2) is 49.4 Å². The fourth-order valence-corrected chi connectivity index (χ4v) is 3.34. The van der Waals surface area contributed by atoms with Crippen molar-refractivity contribution in [2.75, 3.05) is 13.7 Å². The van der Waals surface area contributed by atoms with Gasteiger partial charge in [0.15, 0.2) is 0 Å². The first-order valence-electron chi connectivity index (χ1n) is 12.1. The van der Waals surface area contributed by atoms with Crippen molar-refractivity contribution in [3.05, 3.63) is 0 Å². The van der Waals surface area contributed by atoms with E-state index in [1.807, 2.05) is 13.8 Å². The molecule has 0 fully saturated rings. The largest absolute Gasteiger partial charge is 0.467 e. The molecule has 0 aromatic carbocycles. The molecule has 0 aromatic rings. The number of amides is 3. The lowest BCUT2D eigenvalue weighted by Crippen LogP contribution is -2.54. The van der Waals surface area contributed by atoms with E-state index in [1.165, 1.54) is 32.8 Å². The van der Waals surface area contributed by atoms with E-state index < -0.39 is 29.9 Å². The van der Waals surface area contributed by atoms with Crippen LogP contribution in [0.4, 0.5) is 0 Å². The number of ether oxygens (including phenoxy) is 1. The predicted molar refractivity (Wildman–Crippen MR) is 126 cm³/mol. The number of rotatable bonds is 17. The van der Waals surface area contributed by atoms with E-state index in [4.69, 9.17) is 4.74 Å². The molecule has 0 aliphatic heterocycles. The smallest absolute Gasteiger partial charge is 0.328 e.